The lowest BCUT2D eigenvalue weighted by Crippen LogP contribution is -2.06. The maximum atomic E-state index is 4.01. The van der Waals surface area contributed by atoms with Gasteiger partial charge in [0, 0.05) is 33.2 Å². The number of aromatic nitrogens is 2. The molecule has 0 spiro atoms. The van der Waals surface area contributed by atoms with Crippen LogP contribution in [0.15, 0.2) is 42.6 Å². The molecule has 4 heteroatoms. The average Bonchev–Trinajstić information content (AvgIpc) is 3.08. The van der Waals surface area contributed by atoms with E-state index < -0.39 is 0 Å². The van der Waals surface area contributed by atoms with Crippen LogP contribution in [0.1, 0.15) is 28.3 Å². The van der Waals surface area contributed by atoms with E-state index in [9.17, 15) is 0 Å². The van der Waals surface area contributed by atoms with Crippen LogP contribution in [0.5, 0.6) is 0 Å². The van der Waals surface area contributed by atoms with Crippen molar-refractivity contribution in [3.8, 4) is 11.3 Å². The Morgan fingerprint density at radius 3 is 2.71 bits per heavy atom. The number of aromatic amines is 1. The average molecular weight is 297 g/mol. The zero-order valence-corrected chi connectivity index (χ0v) is 13.3. The predicted molar refractivity (Wildman–Crippen MR) is 89.9 cm³/mol. The van der Waals surface area contributed by atoms with Crippen LogP contribution in [0, 0.1) is 13.8 Å². The standard InChI is InChI=1S/C17H19N3S/c1-11-9-16(13(3)21-11)12(2)19-15-6-4-5-14(10-15)17-7-8-18-20-17/h4-10,12,19H,1-3H3,(H,18,20). The Morgan fingerprint density at radius 1 is 1.19 bits per heavy atom. The molecule has 3 rings (SSSR count). The van der Waals surface area contributed by atoms with Crippen molar-refractivity contribution in [3.63, 3.8) is 0 Å². The molecule has 0 saturated carbocycles. The van der Waals surface area contributed by atoms with Gasteiger partial charge < -0.3 is 5.32 Å². The Kier molecular flexibility index (Phi) is 3.80. The van der Waals surface area contributed by atoms with Gasteiger partial charge in [0.25, 0.3) is 0 Å². The molecule has 21 heavy (non-hydrogen) atoms. The normalized spacial score (nSPS) is 12.3. The largest absolute Gasteiger partial charge is 0.378 e. The Labute approximate surface area is 129 Å². The van der Waals surface area contributed by atoms with Crippen molar-refractivity contribution in [2.45, 2.75) is 26.8 Å². The summed E-state index contributed by atoms with van der Waals surface area (Å²) in [4.78, 5) is 2.75. The maximum absolute atomic E-state index is 4.01. The van der Waals surface area contributed by atoms with Crippen molar-refractivity contribution < 1.29 is 0 Å². The topological polar surface area (TPSA) is 40.7 Å². The number of nitrogens with zero attached hydrogens (tertiary/aromatic N) is 1. The molecule has 0 fully saturated rings. The van der Waals surface area contributed by atoms with Gasteiger partial charge in [-0.05, 0) is 50.6 Å². The second kappa shape index (κ2) is 5.74. The minimum Gasteiger partial charge on any atom is -0.378 e. The van der Waals surface area contributed by atoms with Crippen LogP contribution in [-0.2, 0) is 0 Å². The SMILES string of the molecule is Cc1cc(C(C)Nc2cccc(-c3ccn[nH]3)c2)c(C)s1. The number of hydrogen-bond acceptors (Lipinski definition) is 3. The van der Waals surface area contributed by atoms with Crippen molar-refractivity contribution in [2.75, 3.05) is 5.32 Å². The second-order valence-corrected chi connectivity index (χ2v) is 6.75. The molecule has 0 amide bonds. The van der Waals surface area contributed by atoms with Crippen molar-refractivity contribution >= 4 is 17.0 Å². The Bertz CT molecular complexity index is 728. The van der Waals surface area contributed by atoms with Gasteiger partial charge in [0.2, 0.25) is 0 Å². The van der Waals surface area contributed by atoms with E-state index in [1.54, 1.807) is 6.20 Å². The molecule has 0 aliphatic carbocycles. The Balaban J connectivity index is 1.82. The smallest absolute Gasteiger partial charge is 0.0650 e. The van der Waals surface area contributed by atoms with Crippen molar-refractivity contribution in [1.29, 1.82) is 0 Å². The molecular weight excluding hydrogens is 278 g/mol. The summed E-state index contributed by atoms with van der Waals surface area (Å²) in [5.41, 5.74) is 4.68. The van der Waals surface area contributed by atoms with Gasteiger partial charge in [-0.3, -0.25) is 5.10 Å². The number of thiophene rings is 1. The summed E-state index contributed by atoms with van der Waals surface area (Å²) in [5.74, 6) is 0. The highest BCUT2D eigenvalue weighted by atomic mass is 32.1. The first-order valence-electron chi connectivity index (χ1n) is 7.07. The summed E-state index contributed by atoms with van der Waals surface area (Å²) < 4.78 is 0. The molecule has 0 radical (unpaired) electrons. The fourth-order valence-corrected chi connectivity index (χ4v) is 3.62. The first-order valence-corrected chi connectivity index (χ1v) is 7.88. The van der Waals surface area contributed by atoms with Crippen LogP contribution in [0.4, 0.5) is 5.69 Å². The summed E-state index contributed by atoms with van der Waals surface area (Å²) in [7, 11) is 0. The number of anilines is 1. The Morgan fingerprint density at radius 2 is 2.05 bits per heavy atom. The highest BCUT2D eigenvalue weighted by Crippen LogP contribution is 2.29. The Hall–Kier alpha value is -2.07. The minimum atomic E-state index is 0.298. The van der Waals surface area contributed by atoms with Gasteiger partial charge in [-0.25, -0.2) is 0 Å². The van der Waals surface area contributed by atoms with E-state index in [0.29, 0.717) is 6.04 Å². The quantitative estimate of drug-likeness (QED) is 0.717. The third-order valence-corrected chi connectivity index (χ3v) is 4.59. The van der Waals surface area contributed by atoms with Crippen LogP contribution in [0.3, 0.4) is 0 Å². The zero-order chi connectivity index (χ0) is 14.8. The lowest BCUT2D eigenvalue weighted by atomic mass is 10.1. The summed E-state index contributed by atoms with van der Waals surface area (Å²) in [6.07, 6.45) is 1.77. The van der Waals surface area contributed by atoms with E-state index in [1.807, 2.05) is 17.4 Å². The van der Waals surface area contributed by atoms with Gasteiger partial charge in [0.15, 0.2) is 0 Å². The van der Waals surface area contributed by atoms with Gasteiger partial charge in [-0.1, -0.05) is 12.1 Å². The number of H-pyrrole nitrogens is 1. The van der Waals surface area contributed by atoms with Crippen LogP contribution in [0.25, 0.3) is 11.3 Å². The van der Waals surface area contributed by atoms with Gasteiger partial charge in [0.1, 0.15) is 0 Å². The zero-order valence-electron chi connectivity index (χ0n) is 12.5. The third kappa shape index (κ3) is 3.00. The maximum Gasteiger partial charge on any atom is 0.0650 e. The van der Waals surface area contributed by atoms with Gasteiger partial charge in [0.05, 0.1) is 5.69 Å². The monoisotopic (exact) mass is 297 g/mol. The second-order valence-electron chi connectivity index (χ2n) is 5.29. The summed E-state index contributed by atoms with van der Waals surface area (Å²) in [5, 5.41) is 10.6. The van der Waals surface area contributed by atoms with Crippen molar-refractivity contribution in [3.05, 3.63) is 57.9 Å². The fraction of sp³-hybridized carbons (Fsp3) is 0.235. The van der Waals surface area contributed by atoms with E-state index in [-0.39, 0.29) is 0 Å². The van der Waals surface area contributed by atoms with Crippen LogP contribution < -0.4 is 5.32 Å². The van der Waals surface area contributed by atoms with E-state index >= 15 is 0 Å². The molecule has 3 aromatic rings. The van der Waals surface area contributed by atoms with E-state index in [2.05, 4.69) is 66.6 Å². The number of hydrogen-bond donors (Lipinski definition) is 2. The van der Waals surface area contributed by atoms with Crippen LogP contribution >= 0.6 is 11.3 Å². The minimum absolute atomic E-state index is 0.298. The molecule has 0 bridgehead atoms. The highest BCUT2D eigenvalue weighted by molar-refractivity contribution is 7.12. The number of nitrogens with one attached hydrogen (secondary N) is 2. The lowest BCUT2D eigenvalue weighted by molar-refractivity contribution is 0.882. The highest BCUT2D eigenvalue weighted by Gasteiger charge is 2.11. The van der Waals surface area contributed by atoms with Gasteiger partial charge in [-0.2, -0.15) is 5.10 Å². The van der Waals surface area contributed by atoms with Crippen molar-refractivity contribution in [2.24, 2.45) is 0 Å². The van der Waals surface area contributed by atoms with Crippen LogP contribution in [0.2, 0.25) is 0 Å². The van der Waals surface area contributed by atoms with Gasteiger partial charge >= 0.3 is 0 Å². The van der Waals surface area contributed by atoms with Gasteiger partial charge in [-0.15, -0.1) is 11.3 Å². The van der Waals surface area contributed by atoms with E-state index in [1.165, 1.54) is 15.3 Å². The molecule has 2 heterocycles. The fourth-order valence-electron chi connectivity index (χ4n) is 2.60. The lowest BCUT2D eigenvalue weighted by Gasteiger charge is -2.16. The van der Waals surface area contributed by atoms with Crippen LogP contribution in [-0.4, -0.2) is 10.2 Å². The summed E-state index contributed by atoms with van der Waals surface area (Å²) >= 11 is 1.86. The molecular formula is C17H19N3S. The molecule has 1 aromatic carbocycles. The molecule has 0 saturated heterocycles. The van der Waals surface area contributed by atoms with Crippen molar-refractivity contribution in [1.82, 2.24) is 10.2 Å². The molecule has 1 unspecified atom stereocenters. The number of benzene rings is 1. The molecule has 2 N–H and O–H groups in total. The summed E-state index contributed by atoms with van der Waals surface area (Å²) in [6, 6.07) is 13.0. The molecule has 1 atom stereocenters. The number of aryl methyl sites for hydroxylation is 2. The first kappa shape index (κ1) is 13.9. The molecule has 0 aliphatic rings. The molecule has 3 nitrogen and oxygen atoms in total. The number of rotatable bonds is 4. The molecule has 0 aliphatic heterocycles. The predicted octanol–water partition coefficient (Wildman–Crippen LogP) is 4.93. The molecule has 108 valence electrons. The summed E-state index contributed by atoms with van der Waals surface area (Å²) in [6.45, 7) is 6.55. The third-order valence-electron chi connectivity index (χ3n) is 3.60. The van der Waals surface area contributed by atoms with E-state index in [0.717, 1.165) is 16.9 Å². The van der Waals surface area contributed by atoms with E-state index in [4.69, 9.17) is 0 Å². The first-order chi connectivity index (χ1) is 10.1. The molecule has 2 aromatic heterocycles.